The van der Waals surface area contributed by atoms with Gasteiger partial charge in [0.2, 0.25) is 0 Å². The van der Waals surface area contributed by atoms with E-state index in [1.54, 1.807) is 12.5 Å². The molecule has 18 heavy (non-hydrogen) atoms. The van der Waals surface area contributed by atoms with Crippen molar-refractivity contribution in [2.75, 3.05) is 5.32 Å². The van der Waals surface area contributed by atoms with Crippen LogP contribution in [-0.4, -0.2) is 9.55 Å². The van der Waals surface area contributed by atoms with Gasteiger partial charge < -0.3 is 9.88 Å². The average molecular weight is 240 g/mol. The maximum atomic E-state index is 9.32. The van der Waals surface area contributed by atoms with E-state index in [2.05, 4.69) is 16.4 Å². The molecular weight excluding hydrogens is 224 g/mol. The zero-order valence-corrected chi connectivity index (χ0v) is 10.6. The molecule has 92 valence electrons. The molecule has 2 aromatic rings. The van der Waals surface area contributed by atoms with Gasteiger partial charge in [-0.25, -0.2) is 4.98 Å². The highest BCUT2D eigenvalue weighted by molar-refractivity contribution is 5.52. The van der Waals surface area contributed by atoms with Gasteiger partial charge >= 0.3 is 0 Å². The van der Waals surface area contributed by atoms with Gasteiger partial charge in [-0.2, -0.15) is 5.26 Å². The third kappa shape index (κ3) is 2.35. The van der Waals surface area contributed by atoms with Crippen LogP contribution in [0.5, 0.6) is 0 Å². The van der Waals surface area contributed by atoms with Crippen molar-refractivity contribution in [2.24, 2.45) is 0 Å². The first-order valence-electron chi connectivity index (χ1n) is 5.98. The number of hydrogen-bond donors (Lipinski definition) is 1. The largest absolute Gasteiger partial charge is 0.365 e. The number of nitrogens with one attached hydrogen (secondary N) is 1. The highest BCUT2D eigenvalue weighted by atomic mass is 15.1. The Kier molecular flexibility index (Phi) is 3.63. The topological polar surface area (TPSA) is 53.6 Å². The molecular formula is C14H16N4. The first-order chi connectivity index (χ1) is 8.76. The molecule has 0 bridgehead atoms. The molecule has 4 heteroatoms. The van der Waals surface area contributed by atoms with Crippen LogP contribution in [0.4, 0.5) is 5.69 Å². The van der Waals surface area contributed by atoms with Crippen molar-refractivity contribution in [3.63, 3.8) is 0 Å². The summed E-state index contributed by atoms with van der Waals surface area (Å²) in [6.07, 6.45) is 3.49. The Hall–Kier alpha value is -2.28. The van der Waals surface area contributed by atoms with Crippen molar-refractivity contribution in [3.05, 3.63) is 48.0 Å². The number of benzene rings is 1. The molecule has 0 aliphatic carbocycles. The summed E-state index contributed by atoms with van der Waals surface area (Å²) in [5.41, 5.74) is 3.00. The SMILES string of the molecule is CCn1cncc1C(C#N)Nc1ccccc1C. The van der Waals surface area contributed by atoms with Crippen LogP contribution in [0.15, 0.2) is 36.8 Å². The Labute approximate surface area is 107 Å². The lowest BCUT2D eigenvalue weighted by atomic mass is 10.1. The fraction of sp³-hybridized carbons (Fsp3) is 0.286. The number of aryl methyl sites for hydroxylation is 2. The number of rotatable bonds is 4. The Bertz CT molecular complexity index is 565. The van der Waals surface area contributed by atoms with E-state index in [9.17, 15) is 5.26 Å². The van der Waals surface area contributed by atoms with Gasteiger partial charge in [-0.15, -0.1) is 0 Å². The third-order valence-electron chi connectivity index (χ3n) is 2.95. The standard InChI is InChI=1S/C14H16N4/c1-3-18-10-16-9-14(18)13(8-15)17-12-7-5-4-6-11(12)2/h4-7,9-10,13,17H,3H2,1-2H3. The van der Waals surface area contributed by atoms with E-state index < -0.39 is 0 Å². The summed E-state index contributed by atoms with van der Waals surface area (Å²) in [4.78, 5) is 4.10. The summed E-state index contributed by atoms with van der Waals surface area (Å²) in [7, 11) is 0. The van der Waals surface area contributed by atoms with Crippen molar-refractivity contribution < 1.29 is 0 Å². The van der Waals surface area contributed by atoms with Gasteiger partial charge in [0, 0.05) is 12.2 Å². The molecule has 0 fully saturated rings. The van der Waals surface area contributed by atoms with Crippen LogP contribution in [0.25, 0.3) is 0 Å². The normalized spacial score (nSPS) is 11.8. The Balaban J connectivity index is 2.26. The number of hydrogen-bond acceptors (Lipinski definition) is 3. The smallest absolute Gasteiger partial charge is 0.156 e. The number of nitrogens with zero attached hydrogens (tertiary/aromatic N) is 3. The average Bonchev–Trinajstić information content (AvgIpc) is 2.86. The second kappa shape index (κ2) is 5.37. The molecule has 1 unspecified atom stereocenters. The van der Waals surface area contributed by atoms with E-state index in [-0.39, 0.29) is 6.04 Å². The molecule has 4 nitrogen and oxygen atoms in total. The van der Waals surface area contributed by atoms with Gasteiger partial charge in [0.1, 0.15) is 0 Å². The molecule has 0 radical (unpaired) electrons. The van der Waals surface area contributed by atoms with Crippen LogP contribution in [0.3, 0.4) is 0 Å². The van der Waals surface area contributed by atoms with Crippen LogP contribution in [-0.2, 0) is 6.54 Å². The van der Waals surface area contributed by atoms with Crippen LogP contribution < -0.4 is 5.32 Å². The minimum absolute atomic E-state index is 0.381. The summed E-state index contributed by atoms with van der Waals surface area (Å²) >= 11 is 0. The van der Waals surface area contributed by atoms with Crippen molar-refractivity contribution in [1.29, 1.82) is 5.26 Å². The van der Waals surface area contributed by atoms with Crippen LogP contribution in [0.1, 0.15) is 24.2 Å². The first-order valence-corrected chi connectivity index (χ1v) is 5.98. The van der Waals surface area contributed by atoms with Gasteiger partial charge in [-0.3, -0.25) is 0 Å². The Morgan fingerprint density at radius 1 is 1.44 bits per heavy atom. The third-order valence-corrected chi connectivity index (χ3v) is 2.95. The van der Waals surface area contributed by atoms with E-state index in [1.165, 1.54) is 0 Å². The highest BCUT2D eigenvalue weighted by Gasteiger charge is 2.15. The summed E-state index contributed by atoms with van der Waals surface area (Å²) in [6.45, 7) is 4.87. The molecule has 0 amide bonds. The van der Waals surface area contributed by atoms with Gasteiger partial charge in [0.25, 0.3) is 0 Å². The quantitative estimate of drug-likeness (QED) is 0.894. The zero-order chi connectivity index (χ0) is 13.0. The van der Waals surface area contributed by atoms with E-state index in [0.717, 1.165) is 23.5 Å². The lowest BCUT2D eigenvalue weighted by molar-refractivity contribution is 0.701. The van der Waals surface area contributed by atoms with Gasteiger partial charge in [0.15, 0.2) is 6.04 Å². The predicted molar refractivity (Wildman–Crippen MR) is 71.1 cm³/mol. The van der Waals surface area contributed by atoms with E-state index in [4.69, 9.17) is 0 Å². The minimum atomic E-state index is -0.381. The van der Waals surface area contributed by atoms with Crippen LogP contribution >= 0.6 is 0 Å². The molecule has 1 heterocycles. The zero-order valence-electron chi connectivity index (χ0n) is 10.6. The van der Waals surface area contributed by atoms with E-state index >= 15 is 0 Å². The van der Waals surface area contributed by atoms with Crippen molar-refractivity contribution >= 4 is 5.69 Å². The first kappa shape index (κ1) is 12.2. The molecule has 1 aromatic carbocycles. The summed E-state index contributed by atoms with van der Waals surface area (Å²) in [5, 5.41) is 12.6. The molecule has 0 saturated heterocycles. The molecule has 0 aliphatic heterocycles. The second-order valence-corrected chi connectivity index (χ2v) is 4.13. The van der Waals surface area contributed by atoms with Gasteiger partial charge in [0.05, 0.1) is 24.3 Å². The molecule has 1 N–H and O–H groups in total. The lowest BCUT2D eigenvalue weighted by Crippen LogP contribution is -2.13. The highest BCUT2D eigenvalue weighted by Crippen LogP contribution is 2.21. The molecule has 0 spiro atoms. The molecule has 0 aliphatic rings. The fourth-order valence-corrected chi connectivity index (χ4v) is 1.90. The monoisotopic (exact) mass is 240 g/mol. The van der Waals surface area contributed by atoms with Crippen LogP contribution in [0, 0.1) is 18.3 Å². The molecule has 1 aromatic heterocycles. The number of nitriles is 1. The van der Waals surface area contributed by atoms with E-state index in [1.807, 2.05) is 42.7 Å². The number of imidazole rings is 1. The van der Waals surface area contributed by atoms with Gasteiger partial charge in [-0.05, 0) is 25.5 Å². The van der Waals surface area contributed by atoms with Crippen molar-refractivity contribution in [3.8, 4) is 6.07 Å². The van der Waals surface area contributed by atoms with Gasteiger partial charge in [-0.1, -0.05) is 18.2 Å². The maximum absolute atomic E-state index is 9.32. The number of para-hydroxylation sites is 1. The Morgan fingerprint density at radius 2 is 2.22 bits per heavy atom. The summed E-state index contributed by atoms with van der Waals surface area (Å²) in [5.74, 6) is 0. The van der Waals surface area contributed by atoms with Crippen LogP contribution in [0.2, 0.25) is 0 Å². The molecule has 2 rings (SSSR count). The molecule has 1 atom stereocenters. The van der Waals surface area contributed by atoms with Crippen molar-refractivity contribution in [2.45, 2.75) is 26.4 Å². The van der Waals surface area contributed by atoms with E-state index in [0.29, 0.717) is 0 Å². The fourth-order valence-electron chi connectivity index (χ4n) is 1.90. The Morgan fingerprint density at radius 3 is 2.89 bits per heavy atom. The summed E-state index contributed by atoms with van der Waals surface area (Å²) < 4.78 is 1.97. The predicted octanol–water partition coefficient (Wildman–Crippen LogP) is 2.89. The van der Waals surface area contributed by atoms with Crippen molar-refractivity contribution in [1.82, 2.24) is 9.55 Å². The number of anilines is 1. The summed E-state index contributed by atoms with van der Waals surface area (Å²) in [6, 6.07) is 9.85. The molecule has 0 saturated carbocycles. The maximum Gasteiger partial charge on any atom is 0.156 e. The number of aromatic nitrogens is 2. The lowest BCUT2D eigenvalue weighted by Gasteiger charge is -2.16. The minimum Gasteiger partial charge on any atom is -0.365 e. The second-order valence-electron chi connectivity index (χ2n) is 4.13.